The van der Waals surface area contributed by atoms with E-state index in [1.54, 1.807) is 18.5 Å². The summed E-state index contributed by atoms with van der Waals surface area (Å²) >= 11 is 1.41. The van der Waals surface area contributed by atoms with Crippen molar-refractivity contribution in [3.8, 4) is 10.6 Å². The van der Waals surface area contributed by atoms with E-state index in [1.165, 1.54) is 11.3 Å². The van der Waals surface area contributed by atoms with Gasteiger partial charge >= 0.3 is 0 Å². The number of nitrogens with two attached hydrogens (primary N) is 1. The number of amides is 1. The molecule has 1 fully saturated rings. The number of nitrogens with one attached hydrogen (secondary N) is 2. The van der Waals surface area contributed by atoms with Crippen LogP contribution in [0, 0.1) is 6.92 Å². The van der Waals surface area contributed by atoms with Crippen molar-refractivity contribution in [2.24, 2.45) is 0 Å². The zero-order valence-corrected chi connectivity index (χ0v) is 18.1. The van der Waals surface area contributed by atoms with Crippen LogP contribution < -0.4 is 16.4 Å². The molecule has 0 bridgehead atoms. The Labute approximate surface area is 183 Å². The van der Waals surface area contributed by atoms with Gasteiger partial charge in [0.1, 0.15) is 17.3 Å². The topological polar surface area (TPSA) is 111 Å². The molecule has 158 valence electrons. The summed E-state index contributed by atoms with van der Waals surface area (Å²) in [7, 11) is 1.99. The van der Waals surface area contributed by atoms with Crippen LogP contribution in [0.15, 0.2) is 42.7 Å². The lowest BCUT2D eigenvalue weighted by molar-refractivity contribution is 0.103. The van der Waals surface area contributed by atoms with Crippen LogP contribution in [0.4, 0.5) is 11.6 Å². The van der Waals surface area contributed by atoms with Crippen molar-refractivity contribution in [2.45, 2.75) is 31.8 Å². The van der Waals surface area contributed by atoms with Gasteiger partial charge in [-0.3, -0.25) is 9.48 Å². The summed E-state index contributed by atoms with van der Waals surface area (Å²) in [6.45, 7) is 1.99. The lowest BCUT2D eigenvalue weighted by Crippen LogP contribution is -2.40. The highest BCUT2D eigenvalue weighted by Gasteiger charge is 2.32. The molecule has 9 heteroatoms. The number of fused-ring (bicyclic) bond motifs is 1. The van der Waals surface area contributed by atoms with Crippen LogP contribution in [-0.2, 0) is 0 Å². The molecular formula is C22H23N7OS. The number of aryl methyl sites for hydroxylation is 1. The molecule has 5 rings (SSSR count). The number of hydrogen-bond acceptors (Lipinski definition) is 7. The molecule has 0 radical (unpaired) electrons. The Balaban J connectivity index is 1.53. The van der Waals surface area contributed by atoms with E-state index < -0.39 is 0 Å². The molecule has 8 nitrogen and oxygen atoms in total. The molecule has 1 amide bonds. The normalized spacial score (nSPS) is 18.1. The summed E-state index contributed by atoms with van der Waals surface area (Å²) in [5.41, 5.74) is 9.03. The fourth-order valence-corrected chi connectivity index (χ4v) is 5.08. The molecule has 0 saturated heterocycles. The number of carbonyl (C=O) groups excluding carboxylic acids is 1. The van der Waals surface area contributed by atoms with Gasteiger partial charge in [0.05, 0.1) is 26.7 Å². The third-order valence-corrected chi connectivity index (χ3v) is 7.02. The maximum absolute atomic E-state index is 12.8. The van der Waals surface area contributed by atoms with Crippen molar-refractivity contribution in [2.75, 3.05) is 18.1 Å². The smallest absolute Gasteiger partial charge is 0.266 e. The standard InChI is InChI=1S/C22H23N7OS/c1-12-9-16(22(30)27-17-5-3-4-7-25-17)31-20(12)19-18-15(6-8-26-21(18)23)29(28-19)14-10-13(11-14)24-2/h3-9,13-14,24H,10-11H2,1-2H3,(H2,23,26)(H,25,27,30)/t13-,14+. The second kappa shape index (κ2) is 7.75. The van der Waals surface area contributed by atoms with Gasteiger partial charge in [0, 0.05) is 18.4 Å². The number of nitrogens with zero attached hydrogens (tertiary/aromatic N) is 4. The molecule has 0 spiro atoms. The van der Waals surface area contributed by atoms with Gasteiger partial charge in [0.2, 0.25) is 0 Å². The number of thiophene rings is 1. The van der Waals surface area contributed by atoms with E-state index in [-0.39, 0.29) is 5.91 Å². The van der Waals surface area contributed by atoms with Gasteiger partial charge in [0.25, 0.3) is 5.91 Å². The van der Waals surface area contributed by atoms with Crippen LogP contribution in [0.2, 0.25) is 0 Å². The Bertz CT molecular complexity index is 1260. The molecule has 0 atom stereocenters. The first kappa shape index (κ1) is 19.7. The maximum Gasteiger partial charge on any atom is 0.266 e. The minimum atomic E-state index is -0.191. The summed E-state index contributed by atoms with van der Waals surface area (Å²) in [4.78, 5) is 22.8. The molecule has 0 unspecified atom stereocenters. The predicted molar refractivity (Wildman–Crippen MR) is 123 cm³/mol. The van der Waals surface area contributed by atoms with Crippen molar-refractivity contribution in [3.63, 3.8) is 0 Å². The van der Waals surface area contributed by atoms with Crippen LogP contribution in [0.25, 0.3) is 21.5 Å². The molecule has 0 aromatic carbocycles. The summed E-state index contributed by atoms with van der Waals surface area (Å²) in [5, 5.41) is 12.0. The molecule has 4 heterocycles. The lowest BCUT2D eigenvalue weighted by atomic mass is 9.87. The maximum atomic E-state index is 12.8. The van der Waals surface area contributed by atoms with E-state index in [0.29, 0.717) is 28.6 Å². The Morgan fingerprint density at radius 2 is 2.06 bits per heavy atom. The summed E-state index contributed by atoms with van der Waals surface area (Å²) < 4.78 is 2.07. The minimum absolute atomic E-state index is 0.191. The number of aromatic nitrogens is 4. The summed E-state index contributed by atoms with van der Waals surface area (Å²) in [6, 6.07) is 10.1. The fraction of sp³-hybridized carbons (Fsp3) is 0.273. The van der Waals surface area contributed by atoms with Gasteiger partial charge in [-0.2, -0.15) is 5.10 Å². The first-order valence-electron chi connectivity index (χ1n) is 10.2. The van der Waals surface area contributed by atoms with Crippen LogP contribution >= 0.6 is 11.3 Å². The minimum Gasteiger partial charge on any atom is -0.383 e. The Morgan fingerprint density at radius 1 is 1.23 bits per heavy atom. The van der Waals surface area contributed by atoms with Gasteiger partial charge in [-0.1, -0.05) is 6.07 Å². The zero-order valence-electron chi connectivity index (χ0n) is 17.3. The number of carbonyl (C=O) groups is 1. The average molecular weight is 434 g/mol. The van der Waals surface area contributed by atoms with Gasteiger partial charge < -0.3 is 16.4 Å². The van der Waals surface area contributed by atoms with E-state index in [2.05, 4.69) is 25.3 Å². The van der Waals surface area contributed by atoms with Crippen LogP contribution in [0.3, 0.4) is 0 Å². The largest absolute Gasteiger partial charge is 0.383 e. The highest BCUT2D eigenvalue weighted by Crippen LogP contribution is 2.41. The molecule has 1 saturated carbocycles. The molecule has 4 aromatic rings. The van der Waals surface area contributed by atoms with E-state index >= 15 is 0 Å². The number of hydrogen-bond donors (Lipinski definition) is 3. The van der Waals surface area contributed by atoms with E-state index in [9.17, 15) is 4.79 Å². The molecule has 0 aliphatic heterocycles. The van der Waals surface area contributed by atoms with Crippen LogP contribution in [0.5, 0.6) is 0 Å². The predicted octanol–water partition coefficient (Wildman–Crippen LogP) is 3.62. The molecule has 4 N–H and O–H groups in total. The third kappa shape index (κ3) is 3.45. The van der Waals surface area contributed by atoms with Gasteiger partial charge in [-0.25, -0.2) is 9.97 Å². The second-order valence-corrected chi connectivity index (χ2v) is 8.84. The lowest BCUT2D eigenvalue weighted by Gasteiger charge is -2.35. The molecule has 1 aliphatic carbocycles. The zero-order chi connectivity index (χ0) is 21.5. The second-order valence-electron chi connectivity index (χ2n) is 7.79. The van der Waals surface area contributed by atoms with Crippen molar-refractivity contribution in [1.29, 1.82) is 0 Å². The quantitative estimate of drug-likeness (QED) is 0.443. The molecular weight excluding hydrogens is 410 g/mol. The summed E-state index contributed by atoms with van der Waals surface area (Å²) in [5.74, 6) is 0.784. The van der Waals surface area contributed by atoms with Crippen molar-refractivity contribution in [1.82, 2.24) is 25.1 Å². The Hall–Kier alpha value is -3.30. The highest BCUT2D eigenvalue weighted by molar-refractivity contribution is 7.17. The Kier molecular flexibility index (Phi) is 4.91. The third-order valence-electron chi connectivity index (χ3n) is 5.78. The average Bonchev–Trinajstić information content (AvgIpc) is 3.30. The van der Waals surface area contributed by atoms with Crippen molar-refractivity contribution < 1.29 is 4.79 Å². The van der Waals surface area contributed by atoms with E-state index in [4.69, 9.17) is 10.8 Å². The van der Waals surface area contributed by atoms with Crippen LogP contribution in [0.1, 0.15) is 34.1 Å². The number of nitrogen functional groups attached to an aromatic ring is 1. The molecule has 1 aliphatic rings. The van der Waals surface area contributed by atoms with Gasteiger partial charge in [-0.05, 0) is 56.6 Å². The SMILES string of the molecule is CN[C@H]1C[C@@H](n2nc(-c3sc(C(=O)Nc4ccccn4)cc3C)c3c(N)nccc32)C1. The molecule has 31 heavy (non-hydrogen) atoms. The molecule has 4 aromatic heterocycles. The monoisotopic (exact) mass is 433 g/mol. The number of rotatable bonds is 5. The summed E-state index contributed by atoms with van der Waals surface area (Å²) in [6.07, 6.45) is 5.42. The van der Waals surface area contributed by atoms with Gasteiger partial charge in [0.15, 0.2) is 0 Å². The van der Waals surface area contributed by atoms with E-state index in [0.717, 1.165) is 39.9 Å². The number of pyridine rings is 2. The van der Waals surface area contributed by atoms with Crippen molar-refractivity contribution in [3.05, 3.63) is 53.2 Å². The number of anilines is 2. The van der Waals surface area contributed by atoms with Crippen LogP contribution in [-0.4, -0.2) is 38.7 Å². The van der Waals surface area contributed by atoms with Gasteiger partial charge in [-0.15, -0.1) is 11.3 Å². The van der Waals surface area contributed by atoms with E-state index in [1.807, 2.05) is 38.2 Å². The first-order valence-corrected chi connectivity index (χ1v) is 11.0. The fourth-order valence-electron chi connectivity index (χ4n) is 4.02. The van der Waals surface area contributed by atoms with Crippen molar-refractivity contribution >= 4 is 39.8 Å². The first-order chi connectivity index (χ1) is 15.0. The highest BCUT2D eigenvalue weighted by atomic mass is 32.1. The Morgan fingerprint density at radius 3 is 2.81 bits per heavy atom.